The molecular weight excluding hydrogens is 254 g/mol. The number of rotatable bonds is 12. The van der Waals surface area contributed by atoms with E-state index in [1.54, 1.807) is 0 Å². The van der Waals surface area contributed by atoms with E-state index in [0.717, 1.165) is 6.54 Å². The normalized spacial score (nSPS) is 12.5. The second-order valence-corrected chi connectivity index (χ2v) is 6.38. The Labute approximate surface area is 132 Å². The molecule has 0 saturated carbocycles. The summed E-state index contributed by atoms with van der Waals surface area (Å²) in [5.74, 6) is 0. The molecule has 0 aliphatic carbocycles. The van der Waals surface area contributed by atoms with Crippen LogP contribution < -0.4 is 5.32 Å². The molecule has 120 valence electrons. The van der Waals surface area contributed by atoms with Crippen molar-refractivity contribution >= 4 is 0 Å². The van der Waals surface area contributed by atoms with Gasteiger partial charge in [0.15, 0.2) is 0 Å². The molecule has 0 spiro atoms. The van der Waals surface area contributed by atoms with E-state index in [4.69, 9.17) is 0 Å². The minimum Gasteiger partial charge on any atom is -0.314 e. The first kappa shape index (κ1) is 18.2. The first-order chi connectivity index (χ1) is 10.3. The molecule has 21 heavy (non-hydrogen) atoms. The molecule has 0 amide bonds. The molecule has 1 rings (SSSR count). The maximum absolute atomic E-state index is 3.75. The summed E-state index contributed by atoms with van der Waals surface area (Å²) in [5.41, 5.74) is 2.87. The fraction of sp³-hybridized carbons (Fsp3) is 0.700. The zero-order chi connectivity index (χ0) is 15.3. The molecule has 1 heteroatoms. The number of hydrogen-bond donors (Lipinski definition) is 1. The average Bonchev–Trinajstić information content (AvgIpc) is 2.49. The predicted molar refractivity (Wildman–Crippen MR) is 95.0 cm³/mol. The van der Waals surface area contributed by atoms with E-state index < -0.39 is 0 Å². The van der Waals surface area contributed by atoms with E-state index in [1.807, 2.05) is 0 Å². The summed E-state index contributed by atoms with van der Waals surface area (Å²) < 4.78 is 0. The van der Waals surface area contributed by atoms with Crippen LogP contribution in [-0.4, -0.2) is 12.6 Å². The van der Waals surface area contributed by atoms with Gasteiger partial charge in [-0.3, -0.25) is 0 Å². The van der Waals surface area contributed by atoms with Gasteiger partial charge in [-0.2, -0.15) is 0 Å². The summed E-state index contributed by atoms with van der Waals surface area (Å²) in [5, 5.41) is 3.75. The third kappa shape index (κ3) is 8.93. The lowest BCUT2D eigenvalue weighted by Crippen LogP contribution is -2.30. The molecule has 1 atom stereocenters. The quantitative estimate of drug-likeness (QED) is 0.490. The monoisotopic (exact) mass is 289 g/mol. The Morgan fingerprint density at radius 3 is 2.48 bits per heavy atom. The van der Waals surface area contributed by atoms with E-state index in [9.17, 15) is 0 Å². The second kappa shape index (κ2) is 11.8. The standard InChI is InChI=1S/C20H35N/c1-4-6-7-8-9-13-20(21-16-5-2)15-14-19-12-10-11-18(3)17-19/h10-12,17,20-21H,4-9,13-16H2,1-3H3. The predicted octanol–water partition coefficient (Wildman–Crippen LogP) is 5.66. The van der Waals surface area contributed by atoms with E-state index in [1.165, 1.54) is 68.9 Å². The minimum atomic E-state index is 0.701. The summed E-state index contributed by atoms with van der Waals surface area (Å²) in [6.45, 7) is 7.89. The van der Waals surface area contributed by atoms with Crippen LogP contribution in [0.25, 0.3) is 0 Å². The van der Waals surface area contributed by atoms with E-state index in [-0.39, 0.29) is 0 Å². The minimum absolute atomic E-state index is 0.701. The Balaban J connectivity index is 2.31. The molecular formula is C20H35N. The van der Waals surface area contributed by atoms with E-state index >= 15 is 0 Å². The van der Waals surface area contributed by atoms with Crippen LogP contribution in [0, 0.1) is 6.92 Å². The van der Waals surface area contributed by atoms with Gasteiger partial charge >= 0.3 is 0 Å². The average molecular weight is 290 g/mol. The van der Waals surface area contributed by atoms with Gasteiger partial charge in [0.2, 0.25) is 0 Å². The number of benzene rings is 1. The molecule has 0 bridgehead atoms. The van der Waals surface area contributed by atoms with Gasteiger partial charge < -0.3 is 5.32 Å². The zero-order valence-electron chi connectivity index (χ0n) is 14.5. The Morgan fingerprint density at radius 2 is 1.76 bits per heavy atom. The van der Waals surface area contributed by atoms with Gasteiger partial charge in [0.1, 0.15) is 0 Å². The molecule has 0 heterocycles. The molecule has 0 aromatic heterocycles. The Bertz CT molecular complexity index is 359. The maximum Gasteiger partial charge on any atom is 0.00702 e. The molecule has 1 unspecified atom stereocenters. The topological polar surface area (TPSA) is 12.0 Å². The first-order valence-electron chi connectivity index (χ1n) is 9.05. The van der Waals surface area contributed by atoms with Crippen molar-refractivity contribution in [2.75, 3.05) is 6.54 Å². The summed E-state index contributed by atoms with van der Waals surface area (Å²) in [6.07, 6.45) is 12.0. The van der Waals surface area contributed by atoms with Crippen LogP contribution in [0.3, 0.4) is 0 Å². The number of hydrogen-bond acceptors (Lipinski definition) is 1. The number of unbranched alkanes of at least 4 members (excludes halogenated alkanes) is 4. The second-order valence-electron chi connectivity index (χ2n) is 6.38. The number of aryl methyl sites for hydroxylation is 2. The number of nitrogens with one attached hydrogen (secondary N) is 1. The van der Waals surface area contributed by atoms with Crippen LogP contribution in [0.1, 0.15) is 76.3 Å². The third-order valence-corrected chi connectivity index (χ3v) is 4.20. The summed E-state index contributed by atoms with van der Waals surface area (Å²) in [4.78, 5) is 0. The van der Waals surface area contributed by atoms with Crippen molar-refractivity contribution < 1.29 is 0 Å². The van der Waals surface area contributed by atoms with Gasteiger partial charge in [0, 0.05) is 6.04 Å². The highest BCUT2D eigenvalue weighted by Gasteiger charge is 2.08. The Kier molecular flexibility index (Phi) is 10.2. The molecule has 1 N–H and O–H groups in total. The maximum atomic E-state index is 3.75. The Hall–Kier alpha value is -0.820. The fourth-order valence-electron chi connectivity index (χ4n) is 2.90. The van der Waals surface area contributed by atoms with Crippen molar-refractivity contribution in [3.05, 3.63) is 35.4 Å². The highest BCUT2D eigenvalue weighted by Crippen LogP contribution is 2.13. The molecule has 1 aromatic rings. The van der Waals surface area contributed by atoms with Crippen molar-refractivity contribution in [2.45, 2.75) is 84.6 Å². The largest absolute Gasteiger partial charge is 0.314 e. The van der Waals surface area contributed by atoms with Crippen molar-refractivity contribution in [3.63, 3.8) is 0 Å². The lowest BCUT2D eigenvalue weighted by atomic mass is 9.99. The van der Waals surface area contributed by atoms with Gasteiger partial charge in [-0.05, 0) is 44.7 Å². The molecule has 0 saturated heterocycles. The van der Waals surface area contributed by atoms with Gasteiger partial charge in [0.05, 0.1) is 0 Å². The van der Waals surface area contributed by atoms with Gasteiger partial charge in [-0.15, -0.1) is 0 Å². The summed E-state index contributed by atoms with van der Waals surface area (Å²) in [7, 11) is 0. The van der Waals surface area contributed by atoms with Crippen molar-refractivity contribution in [3.8, 4) is 0 Å². The van der Waals surface area contributed by atoms with Crippen LogP contribution in [0.5, 0.6) is 0 Å². The van der Waals surface area contributed by atoms with Crippen LogP contribution in [-0.2, 0) is 6.42 Å². The van der Waals surface area contributed by atoms with Gasteiger partial charge in [-0.1, -0.05) is 75.8 Å². The summed E-state index contributed by atoms with van der Waals surface area (Å²) in [6, 6.07) is 9.67. The molecule has 0 aliphatic heterocycles. The fourth-order valence-corrected chi connectivity index (χ4v) is 2.90. The summed E-state index contributed by atoms with van der Waals surface area (Å²) >= 11 is 0. The van der Waals surface area contributed by atoms with Crippen molar-refractivity contribution in [2.24, 2.45) is 0 Å². The Morgan fingerprint density at radius 1 is 0.952 bits per heavy atom. The molecule has 0 radical (unpaired) electrons. The van der Waals surface area contributed by atoms with Crippen LogP contribution in [0.4, 0.5) is 0 Å². The van der Waals surface area contributed by atoms with Gasteiger partial charge in [-0.25, -0.2) is 0 Å². The van der Waals surface area contributed by atoms with Crippen molar-refractivity contribution in [1.82, 2.24) is 5.32 Å². The van der Waals surface area contributed by atoms with Crippen molar-refractivity contribution in [1.29, 1.82) is 0 Å². The molecule has 1 nitrogen and oxygen atoms in total. The lowest BCUT2D eigenvalue weighted by molar-refractivity contribution is 0.431. The van der Waals surface area contributed by atoms with Crippen LogP contribution in [0.2, 0.25) is 0 Å². The highest BCUT2D eigenvalue weighted by atomic mass is 14.9. The van der Waals surface area contributed by atoms with E-state index in [0.29, 0.717) is 6.04 Å². The van der Waals surface area contributed by atoms with Gasteiger partial charge in [0.25, 0.3) is 0 Å². The van der Waals surface area contributed by atoms with Crippen LogP contribution >= 0.6 is 0 Å². The van der Waals surface area contributed by atoms with E-state index in [2.05, 4.69) is 50.4 Å². The smallest absolute Gasteiger partial charge is 0.00702 e. The lowest BCUT2D eigenvalue weighted by Gasteiger charge is -2.18. The first-order valence-corrected chi connectivity index (χ1v) is 9.05. The molecule has 1 aromatic carbocycles. The highest BCUT2D eigenvalue weighted by molar-refractivity contribution is 5.22. The zero-order valence-corrected chi connectivity index (χ0v) is 14.5. The SMILES string of the molecule is CCCCCCCC(CCc1cccc(C)c1)NCCC. The third-order valence-electron chi connectivity index (χ3n) is 4.20. The molecule has 0 aliphatic rings. The molecule has 0 fully saturated rings. The van der Waals surface area contributed by atoms with Crippen LogP contribution in [0.15, 0.2) is 24.3 Å².